The predicted octanol–water partition coefficient (Wildman–Crippen LogP) is 4.39. The van der Waals surface area contributed by atoms with Gasteiger partial charge in [-0.1, -0.05) is 23.2 Å². The third-order valence-electron chi connectivity index (χ3n) is 3.46. The highest BCUT2D eigenvalue weighted by Gasteiger charge is 2.15. The second-order valence-corrected chi connectivity index (χ2v) is 6.19. The zero-order valence-corrected chi connectivity index (χ0v) is 15.1. The summed E-state index contributed by atoms with van der Waals surface area (Å²) in [5.41, 5.74) is 0.0525. The van der Waals surface area contributed by atoms with Gasteiger partial charge in [0.1, 0.15) is 5.75 Å². The molecule has 2 aromatic carbocycles. The van der Waals surface area contributed by atoms with E-state index in [9.17, 15) is 14.9 Å². The standard InChI is InChI=1S/C17H12Cl2N4O4/c18-11-1-4-13(5-2-11)27-10-22-8-7-15(21-22)17(24)20-16-9-12(23(25)26)3-6-14(16)19/h1-9H,10H2,(H,20,24). The average Bonchev–Trinajstić information content (AvgIpc) is 3.12. The smallest absolute Gasteiger partial charge is 0.276 e. The van der Waals surface area contributed by atoms with Gasteiger partial charge in [0.2, 0.25) is 0 Å². The van der Waals surface area contributed by atoms with Crippen LogP contribution in [-0.2, 0) is 6.73 Å². The highest BCUT2D eigenvalue weighted by molar-refractivity contribution is 6.34. The lowest BCUT2D eigenvalue weighted by Gasteiger charge is -2.07. The molecule has 27 heavy (non-hydrogen) atoms. The van der Waals surface area contributed by atoms with Gasteiger partial charge in [0.05, 0.1) is 15.6 Å². The highest BCUT2D eigenvalue weighted by atomic mass is 35.5. The number of rotatable bonds is 6. The molecule has 1 heterocycles. The molecule has 0 spiro atoms. The summed E-state index contributed by atoms with van der Waals surface area (Å²) in [4.78, 5) is 22.6. The Bertz CT molecular complexity index is 989. The minimum absolute atomic E-state index is 0.0898. The number of nitrogens with one attached hydrogen (secondary N) is 1. The van der Waals surface area contributed by atoms with E-state index < -0.39 is 10.8 Å². The molecule has 0 saturated carbocycles. The second kappa shape index (κ2) is 8.07. The van der Waals surface area contributed by atoms with Crippen molar-refractivity contribution in [2.45, 2.75) is 6.73 Å². The van der Waals surface area contributed by atoms with E-state index in [0.29, 0.717) is 10.8 Å². The Balaban J connectivity index is 1.65. The number of hydrogen-bond acceptors (Lipinski definition) is 5. The number of nitro benzene ring substituents is 1. The fourth-order valence-corrected chi connectivity index (χ4v) is 2.43. The quantitative estimate of drug-likeness (QED) is 0.483. The van der Waals surface area contributed by atoms with E-state index in [0.717, 1.165) is 0 Å². The number of hydrogen-bond donors (Lipinski definition) is 1. The lowest BCUT2D eigenvalue weighted by atomic mass is 10.2. The number of nitrogens with zero attached hydrogens (tertiary/aromatic N) is 3. The van der Waals surface area contributed by atoms with E-state index in [2.05, 4.69) is 10.4 Å². The van der Waals surface area contributed by atoms with Gasteiger partial charge in [-0.3, -0.25) is 14.9 Å². The van der Waals surface area contributed by atoms with E-state index in [1.165, 1.54) is 28.9 Å². The fourth-order valence-electron chi connectivity index (χ4n) is 2.14. The summed E-state index contributed by atoms with van der Waals surface area (Å²) in [7, 11) is 0. The Morgan fingerprint density at radius 3 is 2.63 bits per heavy atom. The van der Waals surface area contributed by atoms with Crippen molar-refractivity contribution in [1.29, 1.82) is 0 Å². The fraction of sp³-hybridized carbons (Fsp3) is 0.0588. The third kappa shape index (κ3) is 4.75. The van der Waals surface area contributed by atoms with Crippen molar-refractivity contribution in [2.24, 2.45) is 0 Å². The van der Waals surface area contributed by atoms with Crippen molar-refractivity contribution < 1.29 is 14.5 Å². The minimum atomic E-state index is -0.575. The van der Waals surface area contributed by atoms with Gasteiger partial charge in [0.25, 0.3) is 11.6 Å². The first kappa shape index (κ1) is 18.7. The highest BCUT2D eigenvalue weighted by Crippen LogP contribution is 2.27. The first-order valence-electron chi connectivity index (χ1n) is 7.59. The van der Waals surface area contributed by atoms with Crippen molar-refractivity contribution in [3.8, 4) is 5.75 Å². The molecule has 8 nitrogen and oxygen atoms in total. The van der Waals surface area contributed by atoms with Crippen LogP contribution in [0.5, 0.6) is 5.75 Å². The van der Waals surface area contributed by atoms with Crippen LogP contribution < -0.4 is 10.1 Å². The Hall–Kier alpha value is -3.10. The van der Waals surface area contributed by atoms with Gasteiger partial charge in [0.15, 0.2) is 12.4 Å². The van der Waals surface area contributed by atoms with Crippen LogP contribution in [0.25, 0.3) is 0 Å². The molecule has 0 bridgehead atoms. The molecule has 0 saturated heterocycles. The van der Waals surface area contributed by atoms with Crippen LogP contribution in [0.2, 0.25) is 10.0 Å². The maximum Gasteiger partial charge on any atom is 0.276 e. The zero-order valence-electron chi connectivity index (χ0n) is 13.6. The summed E-state index contributed by atoms with van der Waals surface area (Å²) in [6, 6.07) is 12.1. The summed E-state index contributed by atoms with van der Waals surface area (Å²) < 4.78 is 6.96. The van der Waals surface area contributed by atoms with Crippen molar-refractivity contribution in [1.82, 2.24) is 9.78 Å². The molecule has 0 atom stereocenters. The van der Waals surface area contributed by atoms with Crippen LogP contribution >= 0.6 is 23.2 Å². The molecule has 0 radical (unpaired) electrons. The topological polar surface area (TPSA) is 99.3 Å². The Morgan fingerprint density at radius 1 is 1.19 bits per heavy atom. The molecule has 0 fully saturated rings. The largest absolute Gasteiger partial charge is 0.471 e. The number of ether oxygens (including phenoxy) is 1. The van der Waals surface area contributed by atoms with Gasteiger partial charge in [-0.05, 0) is 36.4 Å². The molecule has 3 rings (SSSR count). The van der Waals surface area contributed by atoms with Gasteiger partial charge < -0.3 is 10.1 Å². The molecule has 0 aliphatic rings. The molecule has 1 N–H and O–H groups in total. The van der Waals surface area contributed by atoms with Crippen LogP contribution in [0.1, 0.15) is 10.5 Å². The summed E-state index contributed by atoms with van der Waals surface area (Å²) >= 11 is 11.8. The van der Waals surface area contributed by atoms with E-state index in [1.54, 1.807) is 30.5 Å². The number of aromatic nitrogens is 2. The van der Waals surface area contributed by atoms with E-state index >= 15 is 0 Å². The molecule has 10 heteroatoms. The summed E-state index contributed by atoms with van der Waals surface area (Å²) in [5, 5.41) is 18.2. The number of carbonyl (C=O) groups is 1. The zero-order chi connectivity index (χ0) is 19.4. The molecule has 0 aliphatic heterocycles. The molecule has 0 aliphatic carbocycles. The van der Waals surface area contributed by atoms with E-state index in [4.69, 9.17) is 27.9 Å². The summed E-state index contributed by atoms with van der Waals surface area (Å²) in [6.07, 6.45) is 1.57. The van der Waals surface area contributed by atoms with Gasteiger partial charge in [0, 0.05) is 23.4 Å². The van der Waals surface area contributed by atoms with Crippen LogP contribution in [-0.4, -0.2) is 20.6 Å². The number of carbonyl (C=O) groups excluding carboxylic acids is 1. The number of non-ortho nitro benzene ring substituents is 1. The molecule has 1 aromatic heterocycles. The number of amides is 1. The SMILES string of the molecule is O=C(Nc1cc([N+](=O)[O-])ccc1Cl)c1ccn(COc2ccc(Cl)cc2)n1. The Morgan fingerprint density at radius 2 is 1.93 bits per heavy atom. The maximum absolute atomic E-state index is 12.3. The molecule has 1 amide bonds. The number of anilines is 1. The van der Waals surface area contributed by atoms with Crippen molar-refractivity contribution >= 4 is 40.5 Å². The van der Waals surface area contributed by atoms with Crippen LogP contribution in [0, 0.1) is 10.1 Å². The molecule has 0 unspecified atom stereocenters. The first-order valence-corrected chi connectivity index (χ1v) is 8.35. The van der Waals surface area contributed by atoms with Gasteiger partial charge in [-0.2, -0.15) is 5.10 Å². The number of nitro groups is 1. The van der Waals surface area contributed by atoms with Crippen molar-refractivity contribution in [2.75, 3.05) is 5.32 Å². The monoisotopic (exact) mass is 406 g/mol. The van der Waals surface area contributed by atoms with Crippen molar-refractivity contribution in [3.63, 3.8) is 0 Å². The van der Waals surface area contributed by atoms with E-state index in [-0.39, 0.29) is 28.8 Å². The minimum Gasteiger partial charge on any atom is -0.471 e. The predicted molar refractivity (Wildman–Crippen MR) is 100 cm³/mol. The molecular weight excluding hydrogens is 395 g/mol. The molecule has 138 valence electrons. The maximum atomic E-state index is 12.3. The van der Waals surface area contributed by atoms with Gasteiger partial charge in [-0.25, -0.2) is 4.68 Å². The number of halogens is 2. The van der Waals surface area contributed by atoms with Crippen molar-refractivity contribution in [3.05, 3.63) is 80.6 Å². The number of benzene rings is 2. The molecular formula is C17H12Cl2N4O4. The van der Waals surface area contributed by atoms with Crippen LogP contribution in [0.15, 0.2) is 54.7 Å². The Labute approximate surface area is 163 Å². The Kier molecular flexibility index (Phi) is 5.58. The van der Waals surface area contributed by atoms with Gasteiger partial charge >= 0.3 is 0 Å². The summed E-state index contributed by atoms with van der Waals surface area (Å²) in [5.74, 6) is 0.0481. The second-order valence-electron chi connectivity index (χ2n) is 5.34. The average molecular weight is 407 g/mol. The van der Waals surface area contributed by atoms with Gasteiger partial charge in [-0.15, -0.1) is 0 Å². The lowest BCUT2D eigenvalue weighted by molar-refractivity contribution is -0.384. The van der Waals surface area contributed by atoms with E-state index in [1.807, 2.05) is 0 Å². The summed E-state index contributed by atoms with van der Waals surface area (Å²) in [6.45, 7) is 0.0898. The first-order chi connectivity index (χ1) is 12.9. The third-order valence-corrected chi connectivity index (χ3v) is 4.04. The van der Waals surface area contributed by atoms with Crippen LogP contribution in [0.4, 0.5) is 11.4 Å². The lowest BCUT2D eigenvalue weighted by Crippen LogP contribution is -2.14. The molecule has 3 aromatic rings. The van der Waals surface area contributed by atoms with Crippen LogP contribution in [0.3, 0.4) is 0 Å². The normalized spacial score (nSPS) is 10.4.